The summed E-state index contributed by atoms with van der Waals surface area (Å²) >= 11 is 4.14. The number of carbonyl (C=O) groups is 1. The van der Waals surface area contributed by atoms with Crippen molar-refractivity contribution in [2.24, 2.45) is 0 Å². The summed E-state index contributed by atoms with van der Waals surface area (Å²) in [6.07, 6.45) is 0.375. The lowest BCUT2D eigenvalue weighted by atomic mass is 9.91. The molecule has 0 atom stereocenters. The second-order valence-corrected chi connectivity index (χ2v) is 8.24. The molecule has 0 aromatic carbocycles. The Balaban J connectivity index is 2.20. The molecule has 1 saturated carbocycles. The zero-order valence-corrected chi connectivity index (χ0v) is 13.1. The topological polar surface area (TPSA) is 92.7 Å². The van der Waals surface area contributed by atoms with E-state index in [0.717, 1.165) is 11.3 Å². The summed E-state index contributed by atoms with van der Waals surface area (Å²) < 4.78 is 31.6. The number of sulfonamides is 1. The van der Waals surface area contributed by atoms with Gasteiger partial charge in [0.1, 0.15) is 9.77 Å². The van der Waals surface area contributed by atoms with Crippen molar-refractivity contribution in [1.29, 1.82) is 0 Å². The maximum atomic E-state index is 12.1. The molecule has 0 bridgehead atoms. The summed E-state index contributed by atoms with van der Waals surface area (Å²) in [5, 5.41) is 9.15. The molecule has 1 aromatic rings. The van der Waals surface area contributed by atoms with E-state index in [0.29, 0.717) is 16.6 Å². The first-order valence-electron chi connectivity index (χ1n) is 5.41. The first kappa shape index (κ1) is 14.9. The van der Waals surface area contributed by atoms with Crippen molar-refractivity contribution in [1.82, 2.24) is 4.72 Å². The number of aliphatic hydroxyl groups is 1. The van der Waals surface area contributed by atoms with E-state index in [1.165, 1.54) is 13.2 Å². The fourth-order valence-corrected chi connectivity index (χ4v) is 5.45. The van der Waals surface area contributed by atoms with Crippen LogP contribution in [-0.2, 0) is 14.8 Å². The van der Waals surface area contributed by atoms with Crippen molar-refractivity contribution in [3.63, 3.8) is 0 Å². The lowest BCUT2D eigenvalue weighted by Crippen LogP contribution is -2.46. The Morgan fingerprint density at radius 1 is 1.58 bits per heavy atom. The summed E-state index contributed by atoms with van der Waals surface area (Å²) in [5.41, 5.74) is 0. The zero-order chi connectivity index (χ0) is 14.2. The van der Waals surface area contributed by atoms with Gasteiger partial charge >= 0.3 is 5.97 Å². The van der Waals surface area contributed by atoms with Crippen molar-refractivity contribution in [2.75, 3.05) is 7.11 Å². The molecule has 2 rings (SSSR count). The molecule has 0 amide bonds. The van der Waals surface area contributed by atoms with Gasteiger partial charge in [0.15, 0.2) is 0 Å². The molecule has 1 aliphatic carbocycles. The molecule has 0 aliphatic heterocycles. The highest BCUT2D eigenvalue weighted by atomic mass is 79.9. The Kier molecular flexibility index (Phi) is 4.31. The van der Waals surface area contributed by atoms with E-state index in [9.17, 15) is 13.2 Å². The average Bonchev–Trinajstić information content (AvgIpc) is 2.69. The Labute approximate surface area is 123 Å². The number of carbonyl (C=O) groups excluding carboxylic acids is 1. The number of ether oxygens (including phenoxy) is 1. The highest BCUT2D eigenvalue weighted by molar-refractivity contribution is 9.11. The molecular formula is C10H12BrNO5S2. The molecular weight excluding hydrogens is 358 g/mol. The van der Waals surface area contributed by atoms with Gasteiger partial charge in [-0.15, -0.1) is 11.3 Å². The number of halogens is 1. The van der Waals surface area contributed by atoms with Gasteiger partial charge in [-0.3, -0.25) is 0 Å². The standard InChI is InChI=1S/C10H12BrNO5S2/c1-17-10(14)7-4-8(9(11)18-7)19(15,16)12-5-2-6(13)3-5/h4-6,12-13H,2-3H2,1H3. The third-order valence-electron chi connectivity index (χ3n) is 2.77. The van der Waals surface area contributed by atoms with Gasteiger partial charge in [-0.1, -0.05) is 0 Å². The summed E-state index contributed by atoms with van der Waals surface area (Å²) in [4.78, 5) is 11.6. The predicted molar refractivity (Wildman–Crippen MR) is 72.7 cm³/mol. The second kappa shape index (κ2) is 5.49. The van der Waals surface area contributed by atoms with Gasteiger partial charge in [-0.05, 0) is 34.8 Å². The molecule has 2 N–H and O–H groups in total. The first-order chi connectivity index (χ1) is 8.83. The minimum absolute atomic E-state index is 0.0132. The van der Waals surface area contributed by atoms with Gasteiger partial charge in [0, 0.05) is 6.04 Å². The highest BCUT2D eigenvalue weighted by Gasteiger charge is 2.33. The Bertz CT molecular complexity index is 591. The van der Waals surface area contributed by atoms with Gasteiger partial charge in [0.25, 0.3) is 0 Å². The van der Waals surface area contributed by atoms with Gasteiger partial charge in [-0.25, -0.2) is 17.9 Å². The van der Waals surface area contributed by atoms with Gasteiger partial charge in [0.2, 0.25) is 10.0 Å². The number of esters is 1. The zero-order valence-electron chi connectivity index (χ0n) is 9.92. The van der Waals surface area contributed by atoms with Crippen LogP contribution in [0, 0.1) is 0 Å². The molecule has 0 radical (unpaired) electrons. The number of thiophene rings is 1. The van der Waals surface area contributed by atoms with E-state index in [-0.39, 0.29) is 15.8 Å². The average molecular weight is 370 g/mol. The number of hydrogen-bond donors (Lipinski definition) is 2. The van der Waals surface area contributed by atoms with Crippen molar-refractivity contribution in [3.05, 3.63) is 14.7 Å². The smallest absolute Gasteiger partial charge is 0.348 e. The van der Waals surface area contributed by atoms with E-state index in [1.807, 2.05) is 0 Å². The molecule has 0 saturated heterocycles. The molecule has 1 heterocycles. The third kappa shape index (κ3) is 3.16. The van der Waals surface area contributed by atoms with Crippen LogP contribution in [0.1, 0.15) is 22.5 Å². The first-order valence-corrected chi connectivity index (χ1v) is 8.51. The number of nitrogens with one attached hydrogen (secondary N) is 1. The third-order valence-corrected chi connectivity index (χ3v) is 6.52. The molecule has 6 nitrogen and oxygen atoms in total. The van der Waals surface area contributed by atoms with Crippen LogP contribution < -0.4 is 4.72 Å². The van der Waals surface area contributed by atoms with E-state index in [1.54, 1.807) is 0 Å². The van der Waals surface area contributed by atoms with E-state index < -0.39 is 22.1 Å². The van der Waals surface area contributed by atoms with Gasteiger partial charge in [0.05, 0.1) is 17.0 Å². The summed E-state index contributed by atoms with van der Waals surface area (Å²) in [7, 11) is -2.47. The molecule has 1 aromatic heterocycles. The van der Waals surface area contributed by atoms with Crippen molar-refractivity contribution in [3.8, 4) is 0 Å². The second-order valence-electron chi connectivity index (χ2n) is 4.18. The minimum Gasteiger partial charge on any atom is -0.465 e. The van der Waals surface area contributed by atoms with Crippen LogP contribution in [-0.4, -0.2) is 38.7 Å². The normalized spacial score (nSPS) is 22.9. The lowest BCUT2D eigenvalue weighted by Gasteiger charge is -2.31. The van der Waals surface area contributed by atoms with Crippen LogP contribution in [0.3, 0.4) is 0 Å². The van der Waals surface area contributed by atoms with Crippen LogP contribution in [0.25, 0.3) is 0 Å². The van der Waals surface area contributed by atoms with Crippen molar-refractivity contribution < 1.29 is 23.1 Å². The van der Waals surface area contributed by atoms with E-state index >= 15 is 0 Å². The Hall–Kier alpha value is -0.480. The summed E-state index contributed by atoms with van der Waals surface area (Å²) in [5.74, 6) is -0.578. The maximum absolute atomic E-state index is 12.1. The summed E-state index contributed by atoms with van der Waals surface area (Å²) in [6.45, 7) is 0. The van der Waals surface area contributed by atoms with Crippen LogP contribution in [0.5, 0.6) is 0 Å². The minimum atomic E-state index is -3.70. The van der Waals surface area contributed by atoms with Crippen LogP contribution in [0.2, 0.25) is 0 Å². The fraction of sp³-hybridized carbons (Fsp3) is 0.500. The Morgan fingerprint density at radius 3 is 2.74 bits per heavy atom. The molecule has 19 heavy (non-hydrogen) atoms. The molecule has 1 aliphatic rings. The Morgan fingerprint density at radius 2 is 2.21 bits per heavy atom. The van der Waals surface area contributed by atoms with Crippen molar-refractivity contribution >= 4 is 43.3 Å². The quantitative estimate of drug-likeness (QED) is 0.775. The molecule has 9 heteroatoms. The molecule has 0 spiro atoms. The van der Waals surface area contributed by atoms with Gasteiger partial charge in [-0.2, -0.15) is 0 Å². The number of rotatable bonds is 4. The number of hydrogen-bond acceptors (Lipinski definition) is 6. The maximum Gasteiger partial charge on any atom is 0.348 e. The number of methoxy groups -OCH3 is 1. The van der Waals surface area contributed by atoms with Crippen LogP contribution >= 0.6 is 27.3 Å². The van der Waals surface area contributed by atoms with Crippen molar-refractivity contribution in [2.45, 2.75) is 29.9 Å². The fourth-order valence-electron chi connectivity index (χ4n) is 1.70. The molecule has 0 unspecified atom stereocenters. The number of aliphatic hydroxyl groups excluding tert-OH is 1. The summed E-state index contributed by atoms with van der Waals surface area (Å²) in [6, 6.07) is 1.02. The van der Waals surface area contributed by atoms with Gasteiger partial charge < -0.3 is 9.84 Å². The molecule has 1 fully saturated rings. The molecule has 106 valence electrons. The van der Waals surface area contributed by atoms with E-state index in [4.69, 9.17) is 5.11 Å². The lowest BCUT2D eigenvalue weighted by molar-refractivity contribution is 0.0606. The van der Waals surface area contributed by atoms with E-state index in [2.05, 4.69) is 25.4 Å². The van der Waals surface area contributed by atoms with Crippen LogP contribution in [0.15, 0.2) is 14.7 Å². The highest BCUT2D eigenvalue weighted by Crippen LogP contribution is 2.33. The van der Waals surface area contributed by atoms with Crippen LogP contribution in [0.4, 0.5) is 0 Å². The SMILES string of the molecule is COC(=O)c1cc(S(=O)(=O)NC2CC(O)C2)c(Br)s1. The largest absolute Gasteiger partial charge is 0.465 e. The predicted octanol–water partition coefficient (Wildman–Crippen LogP) is 1.10. The monoisotopic (exact) mass is 369 g/mol.